The molecule has 0 saturated heterocycles. The van der Waals surface area contributed by atoms with Crippen LogP contribution in [0.2, 0.25) is 0 Å². The number of hydrogen-bond donors (Lipinski definition) is 3. The van der Waals surface area contributed by atoms with Gasteiger partial charge in [0.2, 0.25) is 0 Å². The Morgan fingerprint density at radius 2 is 1.85 bits per heavy atom. The Kier molecular flexibility index (Phi) is 4.59. The summed E-state index contributed by atoms with van der Waals surface area (Å²) in [5, 5.41) is 22.5. The topological polar surface area (TPSA) is 60.7 Å². The molecule has 1 aromatic heterocycles. The molecule has 2 heterocycles. The van der Waals surface area contributed by atoms with E-state index in [9.17, 15) is 10.2 Å². The second-order valence-corrected chi connectivity index (χ2v) is 9.36. The van der Waals surface area contributed by atoms with Crippen LogP contribution < -0.4 is 8.43 Å². The number of rotatable bonds is 3. The van der Waals surface area contributed by atoms with Gasteiger partial charge in [0.25, 0.3) is 0 Å². The third kappa shape index (κ3) is 3.08. The molecule has 0 unspecified atom stereocenters. The average Bonchev–Trinajstić information content (AvgIpc) is 3.17. The van der Waals surface area contributed by atoms with Gasteiger partial charge in [-0.25, -0.2) is 0 Å². The van der Waals surface area contributed by atoms with E-state index in [2.05, 4.69) is 26.3 Å². The van der Waals surface area contributed by atoms with Crippen LogP contribution in [0.1, 0.15) is 30.9 Å². The molecule has 3 N–H and O–H groups in total. The van der Waals surface area contributed by atoms with Crippen LogP contribution in [0.3, 0.4) is 0 Å². The Morgan fingerprint density at radius 1 is 1.07 bits per heavy atom. The molecule has 7 heteroatoms. The van der Waals surface area contributed by atoms with Crippen molar-refractivity contribution in [3.05, 3.63) is 53.7 Å². The van der Waals surface area contributed by atoms with Crippen molar-refractivity contribution in [3.8, 4) is 11.5 Å². The summed E-state index contributed by atoms with van der Waals surface area (Å²) in [6, 6.07) is 11.6. The van der Waals surface area contributed by atoms with Crippen molar-refractivity contribution >= 4 is 58.6 Å². The Labute approximate surface area is 173 Å². The van der Waals surface area contributed by atoms with Gasteiger partial charge in [0.05, 0.1) is 0 Å². The van der Waals surface area contributed by atoms with Crippen LogP contribution in [0.4, 0.5) is 5.69 Å². The van der Waals surface area contributed by atoms with Crippen molar-refractivity contribution in [1.29, 1.82) is 0 Å². The van der Waals surface area contributed by atoms with Crippen molar-refractivity contribution in [1.82, 2.24) is 8.10 Å². The molecular weight excluding hydrogens is 473 g/mol. The smallest absolute Gasteiger partial charge is 0.187 e. The maximum absolute atomic E-state index is 10.5. The minimum atomic E-state index is -0.602. The number of anilines is 1. The molecule has 0 fully saturated rings. The fraction of sp³-hybridized carbons (Fsp3) is 0.200. The summed E-state index contributed by atoms with van der Waals surface area (Å²) in [4.78, 5) is 2.01. The van der Waals surface area contributed by atoms with Crippen molar-refractivity contribution in [2.45, 2.75) is 19.8 Å². The lowest BCUT2D eigenvalue weighted by molar-refractivity contribution is 0.443. The van der Waals surface area contributed by atoms with Gasteiger partial charge in [-0.05, 0) is 54.0 Å². The largest absolute Gasteiger partial charge is 0.508 e. The first kappa shape index (κ1) is 18.2. The Balaban J connectivity index is 1.83. The number of phenols is 2. The molecule has 0 atom stereocenters. The summed E-state index contributed by atoms with van der Waals surface area (Å²) in [6.07, 6.45) is 2.03. The van der Waals surface area contributed by atoms with Crippen LogP contribution in [0.5, 0.6) is 11.5 Å². The minimum absolute atomic E-state index is 0.0730. The standard InChI is InChI=1S/C20H20IN3O2S/c1-11(2)14-9-15(18(26)10-17(14)25)19-21-22-20(27)24(19)13-4-5-16-12(8-13)6-7-23(16)3/h4-11,25-26H,1-3H3,(H,22,27). The van der Waals surface area contributed by atoms with Gasteiger partial charge in [0.15, 0.2) is 5.11 Å². The molecule has 0 saturated carbocycles. The van der Waals surface area contributed by atoms with Crippen LogP contribution in [0.25, 0.3) is 10.9 Å². The highest BCUT2D eigenvalue weighted by atomic mass is 127. The highest BCUT2D eigenvalue weighted by Gasteiger charge is 2.28. The summed E-state index contributed by atoms with van der Waals surface area (Å²) >= 11 is 4.96. The fourth-order valence-electron chi connectivity index (χ4n) is 3.29. The van der Waals surface area contributed by atoms with Gasteiger partial charge in [-0.2, -0.15) is 0 Å². The number of thiocarbonyl (C=S) groups is 1. The number of nitrogens with one attached hydrogen (secondary N) is 1. The molecule has 140 valence electrons. The Morgan fingerprint density at radius 3 is 2.59 bits per heavy atom. The van der Waals surface area contributed by atoms with Gasteiger partial charge in [-0.15, -0.1) is 0 Å². The van der Waals surface area contributed by atoms with Crippen molar-refractivity contribution in [3.63, 3.8) is 0 Å². The normalized spacial score (nSPS) is 14.4. The predicted molar refractivity (Wildman–Crippen MR) is 123 cm³/mol. The predicted octanol–water partition coefficient (Wildman–Crippen LogP) is 4.47. The first-order valence-corrected chi connectivity index (χ1v) is 11.2. The fourth-order valence-corrected chi connectivity index (χ4v) is 6.12. The van der Waals surface area contributed by atoms with E-state index in [4.69, 9.17) is 12.2 Å². The molecule has 0 bridgehead atoms. The van der Waals surface area contributed by atoms with Gasteiger partial charge in [0, 0.05) is 62.5 Å². The third-order valence-corrected chi connectivity index (χ3v) is 7.74. The molecule has 0 spiro atoms. The van der Waals surface area contributed by atoms with E-state index < -0.39 is 21.0 Å². The zero-order valence-corrected chi connectivity index (χ0v) is 18.2. The van der Waals surface area contributed by atoms with E-state index in [0.29, 0.717) is 5.11 Å². The number of phenolic OH excluding ortho intramolecular Hbond substituents is 2. The average molecular weight is 493 g/mol. The molecule has 27 heavy (non-hydrogen) atoms. The van der Waals surface area contributed by atoms with Crippen LogP contribution in [0.15, 0.2) is 42.6 Å². The number of nitrogens with zero attached hydrogens (tertiary/aromatic N) is 2. The van der Waals surface area contributed by atoms with Crippen LogP contribution in [0, 0.1) is 0 Å². The number of benzene rings is 2. The van der Waals surface area contributed by atoms with E-state index in [1.165, 1.54) is 6.07 Å². The minimum Gasteiger partial charge on any atom is -0.508 e. The maximum atomic E-state index is 10.5. The SMILES string of the molecule is CC(C)c1cc(C2=INC(=S)N2c2ccc3c(ccn3C)c2)c(O)cc1O. The molecule has 2 aromatic carbocycles. The van der Waals surface area contributed by atoms with Crippen molar-refractivity contribution in [2.24, 2.45) is 7.05 Å². The Bertz CT molecular complexity index is 1100. The lowest BCUT2D eigenvalue weighted by Crippen LogP contribution is -2.34. The van der Waals surface area contributed by atoms with Gasteiger partial charge in [-0.1, -0.05) is 13.8 Å². The van der Waals surface area contributed by atoms with Crippen LogP contribution in [-0.4, -0.2) is 23.5 Å². The molecule has 4 rings (SSSR count). The number of aryl methyl sites for hydroxylation is 1. The van der Waals surface area contributed by atoms with Gasteiger partial charge in [-0.3, -0.25) is 4.90 Å². The molecule has 1 aliphatic rings. The summed E-state index contributed by atoms with van der Waals surface area (Å²) in [6.45, 7) is 4.04. The lowest BCUT2D eigenvalue weighted by Gasteiger charge is -2.22. The molecule has 5 nitrogen and oxygen atoms in total. The molecule has 0 amide bonds. The summed E-state index contributed by atoms with van der Waals surface area (Å²) in [5.74, 6) is 0.346. The molecule has 1 aliphatic heterocycles. The monoisotopic (exact) mass is 493 g/mol. The quantitative estimate of drug-likeness (QED) is 0.286. The summed E-state index contributed by atoms with van der Waals surface area (Å²) in [7, 11) is 2.02. The summed E-state index contributed by atoms with van der Waals surface area (Å²) < 4.78 is 6.37. The van der Waals surface area contributed by atoms with E-state index in [0.717, 1.165) is 31.3 Å². The number of fused-ring (bicyclic) bond motifs is 1. The van der Waals surface area contributed by atoms with Gasteiger partial charge >= 0.3 is 0 Å². The van der Waals surface area contributed by atoms with Crippen molar-refractivity contribution < 1.29 is 10.2 Å². The second-order valence-electron chi connectivity index (χ2n) is 6.87. The number of aromatic nitrogens is 1. The summed E-state index contributed by atoms with van der Waals surface area (Å²) in [5.41, 5.74) is 3.67. The molecular formula is C20H20IN3O2S. The number of aromatic hydroxyl groups is 2. The number of hydrogen-bond acceptors (Lipinski definition) is 3. The lowest BCUT2D eigenvalue weighted by atomic mass is 9.98. The molecule has 0 aliphatic carbocycles. The third-order valence-electron chi connectivity index (χ3n) is 4.73. The Hall–Kier alpha value is -2.13. The highest BCUT2D eigenvalue weighted by Crippen LogP contribution is 2.37. The maximum Gasteiger partial charge on any atom is 0.187 e. The van der Waals surface area contributed by atoms with Gasteiger partial charge < -0.3 is 18.3 Å². The zero-order valence-electron chi connectivity index (χ0n) is 15.2. The van der Waals surface area contributed by atoms with E-state index in [1.54, 1.807) is 0 Å². The highest BCUT2D eigenvalue weighted by molar-refractivity contribution is 14.2. The first-order chi connectivity index (χ1) is 12.9. The van der Waals surface area contributed by atoms with E-state index in [1.807, 2.05) is 44.1 Å². The first-order valence-electron chi connectivity index (χ1n) is 8.59. The number of halogens is 1. The molecule has 3 aromatic rings. The zero-order chi connectivity index (χ0) is 19.3. The second kappa shape index (κ2) is 6.79. The van der Waals surface area contributed by atoms with E-state index in [-0.39, 0.29) is 17.4 Å². The van der Waals surface area contributed by atoms with E-state index >= 15 is 0 Å². The van der Waals surface area contributed by atoms with Crippen LogP contribution in [-0.2, 0) is 7.05 Å². The van der Waals surface area contributed by atoms with Gasteiger partial charge in [0.1, 0.15) is 15.1 Å². The van der Waals surface area contributed by atoms with Crippen LogP contribution >= 0.6 is 33.2 Å². The molecule has 0 radical (unpaired) electrons. The van der Waals surface area contributed by atoms with Crippen molar-refractivity contribution in [2.75, 3.05) is 4.90 Å².